The number of rotatable bonds is 9. The lowest BCUT2D eigenvalue weighted by Gasteiger charge is -2.59. The highest BCUT2D eigenvalue weighted by Crippen LogP contribution is 2.45. The summed E-state index contributed by atoms with van der Waals surface area (Å²) in [5.41, 5.74) is 3.38. The van der Waals surface area contributed by atoms with Gasteiger partial charge in [-0.3, -0.25) is 0 Å². The topological polar surface area (TPSA) is 45.5 Å². The zero-order valence-electron chi connectivity index (χ0n) is 25.1. The number of hydrogen-bond donors (Lipinski definition) is 0. The second-order valence-electron chi connectivity index (χ2n) is 13.3. The van der Waals surface area contributed by atoms with E-state index in [0.29, 0.717) is 26.5 Å². The average molecular weight is 537 g/mol. The maximum Gasteiger partial charge on any atom is 0.146 e. The molecule has 0 bridgehead atoms. The molecule has 0 saturated heterocycles. The molecule has 0 aromatic heterocycles. The molecule has 0 heterocycles. The van der Waals surface area contributed by atoms with E-state index in [4.69, 9.17) is 14.1 Å². The van der Waals surface area contributed by atoms with Crippen LogP contribution in [0.5, 0.6) is 0 Å². The molecular formula is C31H48N2O2Si2. The lowest BCUT2D eigenvalue weighted by atomic mass is 9.71. The molecule has 0 aliphatic heterocycles. The van der Waals surface area contributed by atoms with Gasteiger partial charge in [0.15, 0.2) is 0 Å². The molecule has 0 saturated carbocycles. The summed E-state index contributed by atoms with van der Waals surface area (Å²) in [5, 5.41) is 9.03. The second-order valence-corrected chi connectivity index (χ2v) is 14.2. The number of benzene rings is 2. The minimum absolute atomic E-state index is 0.0254. The maximum atomic E-state index is 9.03. The molecule has 0 aliphatic rings. The summed E-state index contributed by atoms with van der Waals surface area (Å²) < 4.78 is 12.7. The summed E-state index contributed by atoms with van der Waals surface area (Å²) in [4.78, 5) is 2.55. The van der Waals surface area contributed by atoms with E-state index < -0.39 is 0 Å². The van der Waals surface area contributed by atoms with Crippen molar-refractivity contribution in [3.8, 4) is 6.07 Å². The van der Waals surface area contributed by atoms with Crippen LogP contribution in [0.1, 0.15) is 85.9 Å². The standard InChI is InChI=1S/C31H48N2O2Si2/c1-28(2,3)26(34-36)30(7,8)33(31(9,10)27(35-37)29(4,5)6)25-19-17-23(18-20-25)12-11-22-13-15-24(21-32)16-14-22/h11-20,26-27H,1-10,36-37H3. The fourth-order valence-corrected chi connectivity index (χ4v) is 9.21. The number of nitriles is 1. The van der Waals surface area contributed by atoms with Gasteiger partial charge in [0.25, 0.3) is 0 Å². The molecule has 4 nitrogen and oxygen atoms in total. The number of anilines is 1. The molecule has 0 fully saturated rings. The molecule has 202 valence electrons. The Hall–Kier alpha value is -2.18. The molecule has 6 heteroatoms. The van der Waals surface area contributed by atoms with Crippen molar-refractivity contribution >= 4 is 38.8 Å². The Bertz CT molecular complexity index is 1050. The van der Waals surface area contributed by atoms with Crippen molar-refractivity contribution in [2.45, 2.75) is 92.5 Å². The molecule has 2 unspecified atom stereocenters. The van der Waals surface area contributed by atoms with Gasteiger partial charge < -0.3 is 13.8 Å². The largest absolute Gasteiger partial charge is 0.422 e. The van der Waals surface area contributed by atoms with Gasteiger partial charge in [0.1, 0.15) is 21.0 Å². The molecule has 0 radical (unpaired) electrons. The fraction of sp³-hybridized carbons (Fsp3) is 0.516. The van der Waals surface area contributed by atoms with Crippen LogP contribution in [0.25, 0.3) is 12.2 Å². The van der Waals surface area contributed by atoms with Crippen molar-refractivity contribution < 1.29 is 8.85 Å². The van der Waals surface area contributed by atoms with Gasteiger partial charge in [-0.15, -0.1) is 0 Å². The summed E-state index contributed by atoms with van der Waals surface area (Å²) in [6, 6.07) is 18.6. The molecule has 0 N–H and O–H groups in total. The van der Waals surface area contributed by atoms with E-state index in [0.717, 1.165) is 16.8 Å². The highest BCUT2D eigenvalue weighted by Gasteiger charge is 2.51. The molecule has 2 rings (SSSR count). The van der Waals surface area contributed by atoms with Gasteiger partial charge >= 0.3 is 0 Å². The molecule has 0 aliphatic carbocycles. The van der Waals surface area contributed by atoms with E-state index in [1.807, 2.05) is 24.3 Å². The first-order valence-corrected chi connectivity index (χ1v) is 14.8. The number of hydrogen-bond acceptors (Lipinski definition) is 4. The molecule has 37 heavy (non-hydrogen) atoms. The zero-order valence-corrected chi connectivity index (χ0v) is 29.1. The van der Waals surface area contributed by atoms with Gasteiger partial charge in [-0.1, -0.05) is 78.0 Å². The highest BCUT2D eigenvalue weighted by atomic mass is 28.2. The minimum Gasteiger partial charge on any atom is -0.422 e. The van der Waals surface area contributed by atoms with Crippen molar-refractivity contribution in [2.24, 2.45) is 10.8 Å². The SMILES string of the molecule is CC(C)(C)C(O[SiH3])C(C)(C)N(c1ccc(C=Cc2ccc(C#N)cc2)cc1)C(C)(C)C(O[SiH3])C(C)(C)C. The summed E-state index contributed by atoms with van der Waals surface area (Å²) >= 11 is 0. The minimum atomic E-state index is -0.299. The summed E-state index contributed by atoms with van der Waals surface area (Å²) in [7, 11) is 1.35. The summed E-state index contributed by atoms with van der Waals surface area (Å²) in [6.07, 6.45) is 4.27. The van der Waals surface area contributed by atoms with Crippen molar-refractivity contribution in [2.75, 3.05) is 4.90 Å². The van der Waals surface area contributed by atoms with Crippen LogP contribution in [0.2, 0.25) is 0 Å². The number of nitrogens with zero attached hydrogens (tertiary/aromatic N) is 2. The Labute approximate surface area is 232 Å². The van der Waals surface area contributed by atoms with Crippen LogP contribution in [0, 0.1) is 22.2 Å². The molecular weight excluding hydrogens is 489 g/mol. The van der Waals surface area contributed by atoms with E-state index in [9.17, 15) is 0 Å². The molecule has 2 atom stereocenters. The van der Waals surface area contributed by atoms with Gasteiger partial charge in [0, 0.05) is 5.69 Å². The molecule has 0 spiro atoms. The smallest absolute Gasteiger partial charge is 0.146 e. The Balaban J connectivity index is 2.57. The van der Waals surface area contributed by atoms with Crippen molar-refractivity contribution in [3.63, 3.8) is 0 Å². The summed E-state index contributed by atoms with van der Waals surface area (Å²) in [5.74, 6) is 0. The predicted octanol–water partition coefficient (Wildman–Crippen LogP) is 5.52. The first kappa shape index (κ1) is 31.0. The van der Waals surface area contributed by atoms with E-state index in [1.54, 1.807) is 0 Å². The van der Waals surface area contributed by atoms with Crippen LogP contribution in [0.4, 0.5) is 5.69 Å². The van der Waals surface area contributed by atoms with Crippen LogP contribution >= 0.6 is 0 Å². The third-order valence-corrected chi connectivity index (χ3v) is 8.08. The van der Waals surface area contributed by atoms with E-state index in [-0.39, 0.29) is 34.1 Å². The lowest BCUT2D eigenvalue weighted by Crippen LogP contribution is -2.69. The van der Waals surface area contributed by atoms with Crippen LogP contribution in [0.3, 0.4) is 0 Å². The molecule has 2 aromatic carbocycles. The quantitative estimate of drug-likeness (QED) is 0.313. The second kappa shape index (κ2) is 11.7. The molecule has 0 amide bonds. The summed E-state index contributed by atoms with van der Waals surface area (Å²) in [6.45, 7) is 22.9. The first-order chi connectivity index (χ1) is 17.0. The maximum absolute atomic E-state index is 9.03. The van der Waals surface area contributed by atoms with Gasteiger partial charge in [-0.25, -0.2) is 0 Å². The van der Waals surface area contributed by atoms with Crippen molar-refractivity contribution in [3.05, 3.63) is 65.2 Å². The van der Waals surface area contributed by atoms with E-state index >= 15 is 0 Å². The lowest BCUT2D eigenvalue weighted by molar-refractivity contribution is -0.00981. The first-order valence-electron chi connectivity index (χ1n) is 13.1. The fourth-order valence-electron chi connectivity index (χ4n) is 6.64. The van der Waals surface area contributed by atoms with Gasteiger partial charge in [0.05, 0.1) is 34.9 Å². The van der Waals surface area contributed by atoms with E-state index in [1.165, 1.54) is 0 Å². The van der Waals surface area contributed by atoms with Crippen LogP contribution in [-0.2, 0) is 8.85 Å². The predicted molar refractivity (Wildman–Crippen MR) is 166 cm³/mol. The third-order valence-electron chi connectivity index (χ3n) is 7.14. The Morgan fingerprint density at radius 2 is 1.03 bits per heavy atom. The van der Waals surface area contributed by atoms with Gasteiger partial charge in [-0.05, 0) is 73.9 Å². The molecule has 2 aromatic rings. The highest BCUT2D eigenvalue weighted by molar-refractivity contribution is 5.98. The van der Waals surface area contributed by atoms with Crippen LogP contribution in [-0.4, -0.2) is 44.3 Å². The monoisotopic (exact) mass is 536 g/mol. The van der Waals surface area contributed by atoms with Crippen molar-refractivity contribution in [1.29, 1.82) is 5.26 Å². The zero-order chi connectivity index (χ0) is 28.2. The Kier molecular flexibility index (Phi) is 9.81. The van der Waals surface area contributed by atoms with Crippen molar-refractivity contribution in [1.82, 2.24) is 0 Å². The third kappa shape index (κ3) is 7.23. The van der Waals surface area contributed by atoms with E-state index in [2.05, 4.69) is 117 Å². The normalized spacial score (nSPS) is 15.1. The Morgan fingerprint density at radius 3 is 1.32 bits per heavy atom. The van der Waals surface area contributed by atoms with Gasteiger partial charge in [0.2, 0.25) is 0 Å². The average Bonchev–Trinajstić information content (AvgIpc) is 2.77. The van der Waals surface area contributed by atoms with Crippen LogP contribution < -0.4 is 4.90 Å². The van der Waals surface area contributed by atoms with Gasteiger partial charge in [-0.2, -0.15) is 5.26 Å². The Morgan fingerprint density at radius 1 is 0.676 bits per heavy atom. The van der Waals surface area contributed by atoms with Crippen LogP contribution in [0.15, 0.2) is 48.5 Å².